The smallest absolute Gasteiger partial charge is 0.234 e. The number of hydrazine groups is 1. The molecule has 2 aromatic carbocycles. The molecule has 3 unspecified atom stereocenters. The molecule has 160 valence electrons. The quantitative estimate of drug-likeness (QED) is 0.655. The second-order valence-corrected chi connectivity index (χ2v) is 9.08. The van der Waals surface area contributed by atoms with E-state index in [4.69, 9.17) is 11.6 Å². The number of hydrogen-bond acceptors (Lipinski definition) is 7. The average Bonchev–Trinajstić information content (AvgIpc) is 3.40. The van der Waals surface area contributed by atoms with Crippen molar-refractivity contribution >= 4 is 40.1 Å². The van der Waals surface area contributed by atoms with Crippen LogP contribution < -0.4 is 16.2 Å². The number of hydrogen-bond donors (Lipinski definition) is 3. The zero-order valence-corrected chi connectivity index (χ0v) is 18.5. The van der Waals surface area contributed by atoms with Crippen LogP contribution in [-0.2, 0) is 4.79 Å². The van der Waals surface area contributed by atoms with Gasteiger partial charge in [-0.1, -0.05) is 59.8 Å². The number of amidine groups is 1. The summed E-state index contributed by atoms with van der Waals surface area (Å²) in [5, 5.41) is 11.0. The molecule has 7 nitrogen and oxygen atoms in total. The minimum absolute atomic E-state index is 0.0342. The highest BCUT2D eigenvalue weighted by molar-refractivity contribution is 8.14. The van der Waals surface area contributed by atoms with Gasteiger partial charge in [-0.25, -0.2) is 5.43 Å². The zero-order chi connectivity index (χ0) is 21.4. The molecular formula is C22H23ClN6OS. The molecule has 0 aromatic heterocycles. The molecule has 3 N–H and O–H groups in total. The molecule has 1 saturated heterocycles. The summed E-state index contributed by atoms with van der Waals surface area (Å²) in [7, 11) is 0. The number of fused-ring (bicyclic) bond motifs is 3. The van der Waals surface area contributed by atoms with E-state index in [2.05, 4.69) is 55.4 Å². The fourth-order valence-electron chi connectivity index (χ4n) is 4.11. The second kappa shape index (κ2) is 8.45. The number of anilines is 1. The number of carbonyl (C=O) groups is 1. The van der Waals surface area contributed by atoms with E-state index in [-0.39, 0.29) is 29.9 Å². The van der Waals surface area contributed by atoms with Crippen molar-refractivity contribution in [3.63, 3.8) is 0 Å². The van der Waals surface area contributed by atoms with Gasteiger partial charge < -0.3 is 15.2 Å². The third-order valence-corrected chi connectivity index (χ3v) is 7.16. The number of nitrogens with zero attached hydrogens (tertiary/aromatic N) is 3. The predicted octanol–water partition coefficient (Wildman–Crippen LogP) is 3.63. The number of benzene rings is 2. The van der Waals surface area contributed by atoms with Gasteiger partial charge >= 0.3 is 0 Å². The number of nitrogens with one attached hydrogen (secondary N) is 3. The maximum absolute atomic E-state index is 12.5. The molecule has 3 aliphatic rings. The van der Waals surface area contributed by atoms with Gasteiger partial charge in [-0.3, -0.25) is 10.2 Å². The molecule has 3 heterocycles. The molecule has 0 saturated carbocycles. The standard InChI is InChI=1S/C22H23ClN6OS/c1-14-16(23)8-5-9-17(14)24-20(30)13-31-22-26-25-21-19-12-18(15-6-3-2-4-7-15)27-29(19)11-10-28(21)22/h2-11,18-19,21,25,27H,12-13H2,1H3,(H,24,30). The zero-order valence-electron chi connectivity index (χ0n) is 17.0. The first-order chi connectivity index (χ1) is 15.1. The van der Waals surface area contributed by atoms with Gasteiger partial charge in [-0.15, -0.1) is 0 Å². The second-order valence-electron chi connectivity index (χ2n) is 7.73. The third-order valence-electron chi connectivity index (χ3n) is 5.78. The van der Waals surface area contributed by atoms with Gasteiger partial charge in [-0.05, 0) is 36.6 Å². The minimum atomic E-state index is -0.0872. The molecule has 0 aliphatic carbocycles. The van der Waals surface area contributed by atoms with E-state index >= 15 is 0 Å². The number of amides is 1. The van der Waals surface area contributed by atoms with Crippen LogP contribution in [0.3, 0.4) is 0 Å². The Bertz CT molecular complexity index is 1050. The molecule has 31 heavy (non-hydrogen) atoms. The third kappa shape index (κ3) is 3.98. The van der Waals surface area contributed by atoms with Crippen molar-refractivity contribution in [3.8, 4) is 0 Å². The summed E-state index contributed by atoms with van der Waals surface area (Å²) in [6.45, 7) is 1.89. The molecular weight excluding hydrogens is 432 g/mol. The first-order valence-corrected chi connectivity index (χ1v) is 11.5. The average molecular weight is 455 g/mol. The van der Waals surface area contributed by atoms with E-state index in [9.17, 15) is 4.79 Å². The summed E-state index contributed by atoms with van der Waals surface area (Å²) in [6.07, 6.45) is 5.05. The molecule has 3 aliphatic heterocycles. The van der Waals surface area contributed by atoms with E-state index < -0.39 is 0 Å². The Morgan fingerprint density at radius 2 is 2.06 bits per heavy atom. The minimum Gasteiger partial charge on any atom is -0.325 e. The predicted molar refractivity (Wildman–Crippen MR) is 125 cm³/mol. The van der Waals surface area contributed by atoms with E-state index in [0.29, 0.717) is 5.02 Å². The first-order valence-electron chi connectivity index (χ1n) is 10.2. The van der Waals surface area contributed by atoms with Crippen LogP contribution in [-0.4, -0.2) is 38.9 Å². The maximum Gasteiger partial charge on any atom is 0.234 e. The van der Waals surface area contributed by atoms with Crippen molar-refractivity contribution in [2.24, 2.45) is 5.10 Å². The van der Waals surface area contributed by atoms with Crippen molar-refractivity contribution in [1.82, 2.24) is 20.8 Å². The summed E-state index contributed by atoms with van der Waals surface area (Å²) in [5.41, 5.74) is 9.70. The van der Waals surface area contributed by atoms with Gasteiger partial charge in [0.05, 0.1) is 17.8 Å². The Morgan fingerprint density at radius 3 is 2.90 bits per heavy atom. The van der Waals surface area contributed by atoms with E-state index in [0.717, 1.165) is 22.8 Å². The van der Waals surface area contributed by atoms with Crippen LogP contribution in [0.4, 0.5) is 5.69 Å². The lowest BCUT2D eigenvalue weighted by Gasteiger charge is -2.36. The summed E-state index contributed by atoms with van der Waals surface area (Å²) < 4.78 is 0. The molecule has 0 radical (unpaired) electrons. The van der Waals surface area contributed by atoms with Crippen molar-refractivity contribution in [1.29, 1.82) is 0 Å². The highest BCUT2D eigenvalue weighted by Crippen LogP contribution is 2.35. The lowest BCUT2D eigenvalue weighted by Crippen LogP contribution is -2.54. The van der Waals surface area contributed by atoms with Gasteiger partial charge in [-0.2, -0.15) is 5.10 Å². The van der Waals surface area contributed by atoms with Crippen LogP contribution in [0.1, 0.15) is 23.6 Å². The van der Waals surface area contributed by atoms with E-state index in [1.165, 1.54) is 17.3 Å². The van der Waals surface area contributed by atoms with E-state index in [1.54, 1.807) is 0 Å². The van der Waals surface area contributed by atoms with Crippen molar-refractivity contribution in [2.45, 2.75) is 31.6 Å². The summed E-state index contributed by atoms with van der Waals surface area (Å²) >= 11 is 7.56. The topological polar surface area (TPSA) is 72.0 Å². The van der Waals surface area contributed by atoms with Crippen LogP contribution in [0.2, 0.25) is 5.02 Å². The number of carbonyl (C=O) groups excluding carboxylic acids is 1. The van der Waals surface area contributed by atoms with Crippen LogP contribution in [0, 0.1) is 6.92 Å². The monoisotopic (exact) mass is 454 g/mol. The number of thioether (sulfide) groups is 1. The molecule has 1 amide bonds. The molecule has 0 bridgehead atoms. The molecule has 0 spiro atoms. The van der Waals surface area contributed by atoms with Gasteiger partial charge in [0.1, 0.15) is 6.17 Å². The molecule has 2 aromatic rings. The fraction of sp³-hybridized carbons (Fsp3) is 0.273. The molecule has 1 fully saturated rings. The number of halogens is 1. The summed E-state index contributed by atoms with van der Waals surface area (Å²) in [5.74, 6) is 0.179. The maximum atomic E-state index is 12.5. The Morgan fingerprint density at radius 1 is 1.23 bits per heavy atom. The van der Waals surface area contributed by atoms with Gasteiger partial charge in [0.2, 0.25) is 5.91 Å². The fourth-order valence-corrected chi connectivity index (χ4v) is 5.06. The van der Waals surface area contributed by atoms with Gasteiger partial charge in [0, 0.05) is 23.1 Å². The summed E-state index contributed by atoms with van der Waals surface area (Å²) in [4.78, 5) is 14.6. The Kier molecular flexibility index (Phi) is 5.52. The lowest BCUT2D eigenvalue weighted by atomic mass is 10.00. The first kappa shape index (κ1) is 20.2. The van der Waals surface area contributed by atoms with E-state index in [1.807, 2.05) is 43.6 Å². The normalized spacial score (nSPS) is 23.8. The summed E-state index contributed by atoms with van der Waals surface area (Å²) in [6, 6.07) is 16.5. The SMILES string of the molecule is Cc1c(Cl)cccc1NC(=O)CSC1=NNC2C3CC(c4ccccc4)NN3C=CN12. The largest absolute Gasteiger partial charge is 0.325 e. The van der Waals surface area contributed by atoms with Crippen LogP contribution in [0.25, 0.3) is 0 Å². The van der Waals surface area contributed by atoms with Crippen LogP contribution in [0.5, 0.6) is 0 Å². The lowest BCUT2D eigenvalue weighted by molar-refractivity contribution is -0.113. The highest BCUT2D eigenvalue weighted by atomic mass is 35.5. The van der Waals surface area contributed by atoms with Crippen molar-refractivity contribution in [3.05, 3.63) is 77.1 Å². The highest BCUT2D eigenvalue weighted by Gasteiger charge is 2.44. The van der Waals surface area contributed by atoms with Crippen LogP contribution in [0.15, 0.2) is 66.0 Å². The number of rotatable bonds is 4. The molecule has 5 rings (SSSR count). The van der Waals surface area contributed by atoms with Crippen molar-refractivity contribution in [2.75, 3.05) is 11.1 Å². The number of hydrazone groups is 1. The Balaban J connectivity index is 1.19. The Labute approximate surface area is 190 Å². The molecule has 9 heteroatoms. The van der Waals surface area contributed by atoms with Gasteiger partial charge in [0.15, 0.2) is 5.17 Å². The van der Waals surface area contributed by atoms with Crippen molar-refractivity contribution < 1.29 is 4.79 Å². The molecule has 3 atom stereocenters. The van der Waals surface area contributed by atoms with Crippen LogP contribution >= 0.6 is 23.4 Å². The van der Waals surface area contributed by atoms with Gasteiger partial charge in [0.25, 0.3) is 0 Å². The Hall–Kier alpha value is -2.68.